The van der Waals surface area contributed by atoms with E-state index in [-0.39, 0.29) is 17.9 Å². The molecule has 0 unspecified atom stereocenters. The van der Waals surface area contributed by atoms with Crippen LogP contribution < -0.4 is 5.32 Å². The molecule has 1 saturated heterocycles. The van der Waals surface area contributed by atoms with Gasteiger partial charge in [0.15, 0.2) is 0 Å². The van der Waals surface area contributed by atoms with E-state index in [4.69, 9.17) is 0 Å². The van der Waals surface area contributed by atoms with Crippen molar-refractivity contribution >= 4 is 5.91 Å². The molecule has 0 radical (unpaired) electrons. The Balaban J connectivity index is 1.55. The maximum atomic E-state index is 12.9. The number of nitrogens with one attached hydrogen (secondary N) is 1. The zero-order valence-electron chi connectivity index (χ0n) is 17.8. The fraction of sp³-hybridized carbons (Fsp3) is 0.480. The second kappa shape index (κ2) is 9.38. The number of benzene rings is 2. The van der Waals surface area contributed by atoms with Gasteiger partial charge in [-0.05, 0) is 75.4 Å². The van der Waals surface area contributed by atoms with Gasteiger partial charge in [0, 0.05) is 12.5 Å². The van der Waals surface area contributed by atoms with Crippen molar-refractivity contribution in [1.82, 2.24) is 10.2 Å². The number of carbonyl (C=O) groups is 1. The van der Waals surface area contributed by atoms with Crippen LogP contribution in [0, 0.1) is 26.7 Å². The molecular weight excluding hydrogens is 344 g/mol. The molecule has 0 bridgehead atoms. The second-order valence-corrected chi connectivity index (χ2v) is 8.31. The molecule has 150 valence electrons. The van der Waals surface area contributed by atoms with E-state index in [2.05, 4.69) is 80.4 Å². The molecule has 0 aliphatic carbocycles. The van der Waals surface area contributed by atoms with Crippen molar-refractivity contribution in [3.8, 4) is 0 Å². The van der Waals surface area contributed by atoms with Gasteiger partial charge in [0.25, 0.3) is 0 Å². The van der Waals surface area contributed by atoms with Crippen LogP contribution in [0.25, 0.3) is 0 Å². The molecule has 1 aliphatic rings. The number of rotatable bonds is 6. The SMILES string of the molecule is CC[C@H](NC(=O)C1CCN(Cc2ccccc2C)CC1)c1ccc(C)cc1C. The van der Waals surface area contributed by atoms with Gasteiger partial charge in [0.1, 0.15) is 0 Å². The van der Waals surface area contributed by atoms with Crippen molar-refractivity contribution < 1.29 is 4.79 Å². The van der Waals surface area contributed by atoms with Crippen LogP contribution in [0.15, 0.2) is 42.5 Å². The minimum absolute atomic E-state index is 0.109. The maximum absolute atomic E-state index is 12.9. The summed E-state index contributed by atoms with van der Waals surface area (Å²) in [5.74, 6) is 0.357. The van der Waals surface area contributed by atoms with E-state index in [1.54, 1.807) is 0 Å². The first-order valence-corrected chi connectivity index (χ1v) is 10.6. The highest BCUT2D eigenvalue weighted by Gasteiger charge is 2.27. The van der Waals surface area contributed by atoms with Gasteiger partial charge in [-0.1, -0.05) is 55.0 Å². The topological polar surface area (TPSA) is 32.3 Å². The molecule has 1 fully saturated rings. The lowest BCUT2D eigenvalue weighted by atomic mass is 9.93. The molecule has 0 saturated carbocycles. The maximum Gasteiger partial charge on any atom is 0.223 e. The van der Waals surface area contributed by atoms with Gasteiger partial charge >= 0.3 is 0 Å². The Morgan fingerprint density at radius 2 is 1.79 bits per heavy atom. The molecule has 0 aromatic heterocycles. The molecule has 1 atom stereocenters. The normalized spacial score (nSPS) is 16.7. The highest BCUT2D eigenvalue weighted by atomic mass is 16.1. The van der Waals surface area contributed by atoms with E-state index in [1.165, 1.54) is 27.8 Å². The van der Waals surface area contributed by atoms with Crippen molar-refractivity contribution in [2.24, 2.45) is 5.92 Å². The third kappa shape index (κ3) is 5.02. The highest BCUT2D eigenvalue weighted by Crippen LogP contribution is 2.25. The Bertz CT molecular complexity index is 806. The zero-order valence-corrected chi connectivity index (χ0v) is 17.8. The monoisotopic (exact) mass is 378 g/mol. The fourth-order valence-electron chi connectivity index (χ4n) is 4.29. The highest BCUT2D eigenvalue weighted by molar-refractivity contribution is 5.79. The molecule has 1 aliphatic heterocycles. The van der Waals surface area contributed by atoms with Gasteiger partial charge in [-0.3, -0.25) is 9.69 Å². The van der Waals surface area contributed by atoms with Crippen molar-refractivity contribution in [3.05, 3.63) is 70.3 Å². The summed E-state index contributed by atoms with van der Waals surface area (Å²) in [6, 6.07) is 15.2. The third-order valence-corrected chi connectivity index (χ3v) is 6.14. The van der Waals surface area contributed by atoms with Gasteiger partial charge in [-0.2, -0.15) is 0 Å². The number of likely N-dealkylation sites (tertiary alicyclic amines) is 1. The van der Waals surface area contributed by atoms with Crippen LogP contribution in [0.4, 0.5) is 0 Å². The number of carbonyl (C=O) groups excluding carboxylic acids is 1. The van der Waals surface area contributed by atoms with Crippen LogP contribution in [-0.2, 0) is 11.3 Å². The summed E-state index contributed by atoms with van der Waals surface area (Å²) in [5, 5.41) is 3.33. The summed E-state index contributed by atoms with van der Waals surface area (Å²) < 4.78 is 0. The van der Waals surface area contributed by atoms with Crippen molar-refractivity contribution in [3.63, 3.8) is 0 Å². The molecule has 28 heavy (non-hydrogen) atoms. The first-order chi connectivity index (χ1) is 13.5. The smallest absolute Gasteiger partial charge is 0.223 e. The predicted octanol–water partition coefficient (Wildman–Crippen LogP) is 5.09. The van der Waals surface area contributed by atoms with Crippen LogP contribution in [0.2, 0.25) is 0 Å². The molecule has 3 rings (SSSR count). The fourth-order valence-corrected chi connectivity index (χ4v) is 4.29. The summed E-state index contributed by atoms with van der Waals surface area (Å²) in [5.41, 5.74) is 6.52. The summed E-state index contributed by atoms with van der Waals surface area (Å²) >= 11 is 0. The Morgan fingerprint density at radius 3 is 2.43 bits per heavy atom. The number of hydrogen-bond donors (Lipinski definition) is 1. The minimum Gasteiger partial charge on any atom is -0.349 e. The van der Waals surface area contributed by atoms with E-state index < -0.39 is 0 Å². The number of nitrogens with zero attached hydrogens (tertiary/aromatic N) is 1. The van der Waals surface area contributed by atoms with E-state index in [9.17, 15) is 4.79 Å². The van der Waals surface area contributed by atoms with Crippen LogP contribution >= 0.6 is 0 Å². The van der Waals surface area contributed by atoms with Crippen LogP contribution in [0.1, 0.15) is 60.0 Å². The Hall–Kier alpha value is -2.13. The van der Waals surface area contributed by atoms with Crippen LogP contribution in [0.3, 0.4) is 0 Å². The average molecular weight is 379 g/mol. The van der Waals surface area contributed by atoms with E-state index >= 15 is 0 Å². The first-order valence-electron chi connectivity index (χ1n) is 10.6. The van der Waals surface area contributed by atoms with Gasteiger partial charge < -0.3 is 5.32 Å². The van der Waals surface area contributed by atoms with Gasteiger partial charge in [-0.15, -0.1) is 0 Å². The Kier molecular flexibility index (Phi) is 6.90. The van der Waals surface area contributed by atoms with E-state index in [1.807, 2.05) is 0 Å². The second-order valence-electron chi connectivity index (χ2n) is 8.31. The minimum atomic E-state index is 0.109. The van der Waals surface area contributed by atoms with Gasteiger partial charge in [-0.25, -0.2) is 0 Å². The lowest BCUT2D eigenvalue weighted by molar-refractivity contribution is -0.127. The molecule has 1 N–H and O–H groups in total. The number of aryl methyl sites for hydroxylation is 3. The standard InChI is InChI=1S/C25H34N2O/c1-5-24(23-11-10-18(2)16-20(23)4)26-25(28)21-12-14-27(15-13-21)17-22-9-7-6-8-19(22)3/h6-11,16,21,24H,5,12-15,17H2,1-4H3,(H,26,28)/t24-/m0/s1. The number of amides is 1. The van der Waals surface area contributed by atoms with Crippen LogP contribution in [0.5, 0.6) is 0 Å². The molecule has 3 heteroatoms. The largest absolute Gasteiger partial charge is 0.349 e. The van der Waals surface area contributed by atoms with Crippen LogP contribution in [-0.4, -0.2) is 23.9 Å². The van der Waals surface area contributed by atoms with Crippen molar-refractivity contribution in [1.29, 1.82) is 0 Å². The zero-order chi connectivity index (χ0) is 20.1. The molecule has 3 nitrogen and oxygen atoms in total. The summed E-state index contributed by atoms with van der Waals surface area (Å²) in [6.07, 6.45) is 2.81. The molecule has 1 amide bonds. The summed E-state index contributed by atoms with van der Waals surface area (Å²) in [7, 11) is 0. The predicted molar refractivity (Wildman–Crippen MR) is 116 cm³/mol. The summed E-state index contributed by atoms with van der Waals surface area (Å²) in [4.78, 5) is 15.4. The van der Waals surface area contributed by atoms with Gasteiger partial charge in [0.05, 0.1) is 6.04 Å². The average Bonchev–Trinajstić information content (AvgIpc) is 2.69. The first kappa shape index (κ1) is 20.6. The third-order valence-electron chi connectivity index (χ3n) is 6.14. The molecular formula is C25H34N2O. The summed E-state index contributed by atoms with van der Waals surface area (Å²) in [6.45, 7) is 11.5. The number of piperidine rings is 1. The molecule has 1 heterocycles. The Morgan fingerprint density at radius 1 is 1.07 bits per heavy atom. The number of hydrogen-bond acceptors (Lipinski definition) is 2. The molecule has 0 spiro atoms. The van der Waals surface area contributed by atoms with Gasteiger partial charge in [0.2, 0.25) is 5.91 Å². The Labute approximate surface area is 170 Å². The van der Waals surface area contributed by atoms with Crippen molar-refractivity contribution in [2.75, 3.05) is 13.1 Å². The van der Waals surface area contributed by atoms with E-state index in [0.29, 0.717) is 0 Å². The molecule has 2 aromatic carbocycles. The van der Waals surface area contributed by atoms with E-state index in [0.717, 1.165) is 38.9 Å². The molecule has 2 aromatic rings. The quantitative estimate of drug-likeness (QED) is 0.759. The lowest BCUT2D eigenvalue weighted by Gasteiger charge is -2.32. The van der Waals surface area contributed by atoms with Crippen molar-refractivity contribution in [2.45, 2.75) is 59.5 Å². The lowest BCUT2D eigenvalue weighted by Crippen LogP contribution is -2.41.